The summed E-state index contributed by atoms with van der Waals surface area (Å²) >= 11 is 0. The molecule has 2 heterocycles. The number of aryl methyl sites for hydroxylation is 1. The lowest BCUT2D eigenvalue weighted by Crippen LogP contribution is -2.35. The first-order chi connectivity index (χ1) is 11.3. The number of benzene rings is 2. The number of aromatic nitrogens is 1. The van der Waals surface area contributed by atoms with Gasteiger partial charge in [0.15, 0.2) is 0 Å². The molecule has 1 amide bonds. The van der Waals surface area contributed by atoms with Crippen LogP contribution in [0.15, 0.2) is 36.4 Å². The Labute approximate surface area is 135 Å². The first kappa shape index (κ1) is 14.3. The minimum atomic E-state index is -0.0555. The molecule has 4 nitrogen and oxygen atoms in total. The predicted octanol–water partition coefficient (Wildman–Crippen LogP) is 3.57. The van der Waals surface area contributed by atoms with Crippen LogP contribution >= 0.6 is 0 Å². The molecule has 0 spiro atoms. The average Bonchev–Trinajstić information content (AvgIpc) is 3.21. The van der Waals surface area contributed by atoms with Crippen molar-refractivity contribution in [3.63, 3.8) is 0 Å². The van der Waals surface area contributed by atoms with Crippen molar-refractivity contribution in [1.29, 1.82) is 0 Å². The number of fused-ring (bicyclic) bond motifs is 3. The monoisotopic (exact) mass is 307 g/mol. The van der Waals surface area contributed by atoms with Crippen LogP contribution < -0.4 is 10.6 Å². The Kier molecular flexibility index (Phi) is 3.54. The van der Waals surface area contributed by atoms with E-state index in [1.807, 2.05) is 12.1 Å². The minimum Gasteiger partial charge on any atom is -0.354 e. The van der Waals surface area contributed by atoms with Crippen molar-refractivity contribution in [2.75, 3.05) is 11.9 Å². The second kappa shape index (κ2) is 5.70. The van der Waals surface area contributed by atoms with Crippen LogP contribution in [0.3, 0.4) is 0 Å². The summed E-state index contributed by atoms with van der Waals surface area (Å²) in [6, 6.07) is 12.5. The lowest BCUT2D eigenvalue weighted by Gasteiger charge is -2.11. The van der Waals surface area contributed by atoms with Crippen molar-refractivity contribution >= 4 is 33.4 Å². The second-order valence-electron chi connectivity index (χ2n) is 6.22. The van der Waals surface area contributed by atoms with Gasteiger partial charge in [0.1, 0.15) is 0 Å². The molecule has 4 heteroatoms. The van der Waals surface area contributed by atoms with E-state index in [-0.39, 0.29) is 11.9 Å². The van der Waals surface area contributed by atoms with Gasteiger partial charge >= 0.3 is 0 Å². The van der Waals surface area contributed by atoms with Crippen LogP contribution in [-0.2, 0) is 11.2 Å². The van der Waals surface area contributed by atoms with E-state index in [4.69, 9.17) is 0 Å². The van der Waals surface area contributed by atoms with Gasteiger partial charge in [-0.3, -0.25) is 4.79 Å². The fraction of sp³-hybridized carbons (Fsp3) is 0.316. The van der Waals surface area contributed by atoms with Gasteiger partial charge in [-0.25, -0.2) is 0 Å². The van der Waals surface area contributed by atoms with Crippen molar-refractivity contribution in [3.8, 4) is 0 Å². The zero-order valence-corrected chi connectivity index (χ0v) is 13.3. The molecular formula is C19H21N3O. The van der Waals surface area contributed by atoms with Gasteiger partial charge in [0.2, 0.25) is 5.91 Å². The van der Waals surface area contributed by atoms with Crippen LogP contribution in [0.1, 0.15) is 25.3 Å². The Morgan fingerprint density at radius 1 is 1.26 bits per heavy atom. The number of rotatable bonds is 3. The third kappa shape index (κ3) is 2.49. The van der Waals surface area contributed by atoms with Crippen LogP contribution in [0.4, 0.5) is 5.69 Å². The molecule has 1 aromatic heterocycles. The summed E-state index contributed by atoms with van der Waals surface area (Å²) < 4.78 is 0. The largest absolute Gasteiger partial charge is 0.354 e. The molecule has 2 aromatic carbocycles. The first-order valence-electron chi connectivity index (χ1n) is 8.34. The molecule has 1 aliphatic heterocycles. The number of carbonyl (C=O) groups excluding carboxylic acids is 1. The molecule has 3 N–H and O–H groups in total. The molecule has 0 saturated carbocycles. The lowest BCUT2D eigenvalue weighted by atomic mass is 10.1. The topological polar surface area (TPSA) is 56.9 Å². The van der Waals surface area contributed by atoms with Crippen molar-refractivity contribution in [3.05, 3.63) is 42.0 Å². The highest BCUT2D eigenvalue weighted by Gasteiger charge is 2.22. The van der Waals surface area contributed by atoms with Gasteiger partial charge in [-0.2, -0.15) is 0 Å². The molecular weight excluding hydrogens is 286 g/mol. The Bertz CT molecular complexity index is 875. The Balaban J connectivity index is 1.70. The molecule has 0 bridgehead atoms. The summed E-state index contributed by atoms with van der Waals surface area (Å²) in [5.74, 6) is 0.0622. The highest BCUT2D eigenvalue weighted by atomic mass is 16.2. The number of amides is 1. The number of nitrogens with one attached hydrogen (secondary N) is 3. The highest BCUT2D eigenvalue weighted by molar-refractivity contribution is 6.09. The molecule has 1 fully saturated rings. The van der Waals surface area contributed by atoms with Gasteiger partial charge in [0.25, 0.3) is 0 Å². The van der Waals surface area contributed by atoms with E-state index in [1.54, 1.807) is 0 Å². The summed E-state index contributed by atoms with van der Waals surface area (Å²) in [4.78, 5) is 15.8. The SMILES string of the molecule is CCc1cccc2c1[nH]c1cc(NC(=O)[C@@H]3CCCN3)ccc12. The van der Waals surface area contributed by atoms with Crippen LogP contribution in [-0.4, -0.2) is 23.5 Å². The number of hydrogen-bond donors (Lipinski definition) is 3. The van der Waals surface area contributed by atoms with Crippen LogP contribution in [0.5, 0.6) is 0 Å². The molecule has 0 unspecified atom stereocenters. The summed E-state index contributed by atoms with van der Waals surface area (Å²) in [5, 5.41) is 8.70. The van der Waals surface area contributed by atoms with E-state index in [1.165, 1.54) is 21.9 Å². The van der Waals surface area contributed by atoms with Crippen molar-refractivity contribution in [2.45, 2.75) is 32.2 Å². The highest BCUT2D eigenvalue weighted by Crippen LogP contribution is 2.29. The van der Waals surface area contributed by atoms with E-state index in [9.17, 15) is 4.79 Å². The molecule has 1 saturated heterocycles. The molecule has 23 heavy (non-hydrogen) atoms. The predicted molar refractivity (Wildman–Crippen MR) is 94.8 cm³/mol. The number of para-hydroxylation sites is 1. The summed E-state index contributed by atoms with van der Waals surface area (Å²) in [6.07, 6.45) is 2.99. The maximum Gasteiger partial charge on any atom is 0.241 e. The normalized spacial score (nSPS) is 17.9. The van der Waals surface area contributed by atoms with E-state index >= 15 is 0 Å². The molecule has 4 rings (SSSR count). The summed E-state index contributed by atoms with van der Waals surface area (Å²) in [7, 11) is 0. The maximum absolute atomic E-state index is 12.2. The zero-order chi connectivity index (χ0) is 15.8. The van der Waals surface area contributed by atoms with Gasteiger partial charge in [-0.15, -0.1) is 0 Å². The smallest absolute Gasteiger partial charge is 0.241 e. The molecule has 1 aliphatic rings. The minimum absolute atomic E-state index is 0.0555. The van der Waals surface area contributed by atoms with E-state index in [2.05, 4.69) is 46.8 Å². The van der Waals surface area contributed by atoms with Crippen LogP contribution in [0.25, 0.3) is 21.8 Å². The molecule has 0 aliphatic carbocycles. The fourth-order valence-electron chi connectivity index (χ4n) is 3.50. The number of carbonyl (C=O) groups is 1. The van der Waals surface area contributed by atoms with Gasteiger partial charge in [0.05, 0.1) is 6.04 Å². The second-order valence-corrected chi connectivity index (χ2v) is 6.22. The van der Waals surface area contributed by atoms with E-state index < -0.39 is 0 Å². The summed E-state index contributed by atoms with van der Waals surface area (Å²) in [6.45, 7) is 3.10. The van der Waals surface area contributed by atoms with Gasteiger partial charge in [-0.05, 0) is 43.5 Å². The molecule has 118 valence electrons. The third-order valence-electron chi connectivity index (χ3n) is 4.75. The maximum atomic E-state index is 12.2. The zero-order valence-electron chi connectivity index (χ0n) is 13.3. The fourth-order valence-corrected chi connectivity index (χ4v) is 3.50. The van der Waals surface area contributed by atoms with Crippen LogP contribution in [0, 0.1) is 0 Å². The van der Waals surface area contributed by atoms with Gasteiger partial charge in [-0.1, -0.05) is 31.2 Å². The quantitative estimate of drug-likeness (QED) is 0.693. The third-order valence-corrected chi connectivity index (χ3v) is 4.75. The van der Waals surface area contributed by atoms with E-state index in [0.717, 1.165) is 37.0 Å². The number of H-pyrrole nitrogens is 1. The van der Waals surface area contributed by atoms with Crippen LogP contribution in [0.2, 0.25) is 0 Å². The molecule has 3 aromatic rings. The van der Waals surface area contributed by atoms with E-state index in [0.29, 0.717) is 0 Å². The molecule has 1 atom stereocenters. The first-order valence-corrected chi connectivity index (χ1v) is 8.34. The number of hydrogen-bond acceptors (Lipinski definition) is 2. The Hall–Kier alpha value is -2.33. The van der Waals surface area contributed by atoms with Crippen molar-refractivity contribution < 1.29 is 4.79 Å². The standard InChI is InChI=1S/C19H21N3O/c1-2-12-5-3-6-15-14-9-8-13(11-17(14)22-18(12)15)21-19(23)16-7-4-10-20-16/h3,5-6,8-9,11,16,20,22H,2,4,7,10H2,1H3,(H,21,23)/t16-/m0/s1. The number of anilines is 1. The lowest BCUT2D eigenvalue weighted by molar-refractivity contribution is -0.117. The van der Waals surface area contributed by atoms with Gasteiger partial charge in [0, 0.05) is 27.5 Å². The molecule has 0 radical (unpaired) electrons. The summed E-state index contributed by atoms with van der Waals surface area (Å²) in [5.41, 5.74) is 4.43. The Morgan fingerprint density at radius 2 is 2.17 bits per heavy atom. The number of aromatic amines is 1. The van der Waals surface area contributed by atoms with Gasteiger partial charge < -0.3 is 15.6 Å². The average molecular weight is 307 g/mol. The van der Waals surface area contributed by atoms with Crippen molar-refractivity contribution in [2.24, 2.45) is 0 Å². The Morgan fingerprint density at radius 3 is 2.96 bits per heavy atom. The van der Waals surface area contributed by atoms with Crippen molar-refractivity contribution in [1.82, 2.24) is 10.3 Å².